The molecule has 3 rings (SSSR count). The van der Waals surface area contributed by atoms with Crippen molar-refractivity contribution in [2.75, 3.05) is 13.1 Å². The molecular formula is C18H26N2O4. The third-order valence-electron chi connectivity index (χ3n) is 4.76. The van der Waals surface area contributed by atoms with Crippen LogP contribution in [0.3, 0.4) is 0 Å². The topological polar surface area (TPSA) is 63.0 Å². The van der Waals surface area contributed by atoms with Crippen molar-refractivity contribution in [2.45, 2.75) is 64.6 Å². The zero-order chi connectivity index (χ0) is 17.5. The Morgan fingerprint density at radius 1 is 1.21 bits per heavy atom. The molecule has 0 N–H and O–H groups in total. The molecule has 0 spiro atoms. The van der Waals surface area contributed by atoms with Gasteiger partial charge in [-0.3, -0.25) is 4.79 Å². The molecule has 2 atom stereocenters. The summed E-state index contributed by atoms with van der Waals surface area (Å²) in [6.45, 7) is 8.64. The van der Waals surface area contributed by atoms with Crippen LogP contribution in [0.2, 0.25) is 0 Å². The smallest absolute Gasteiger partial charge is 0.410 e. The molecule has 2 bridgehead atoms. The summed E-state index contributed by atoms with van der Waals surface area (Å²) in [5, 5.41) is 0. The fourth-order valence-electron chi connectivity index (χ4n) is 3.65. The van der Waals surface area contributed by atoms with Crippen molar-refractivity contribution >= 4 is 12.0 Å². The van der Waals surface area contributed by atoms with Crippen LogP contribution in [0.1, 0.15) is 56.2 Å². The SMILES string of the molecule is Cc1occc1C(=O)N1CC[C@H]2CC[C@@H](C1)N2C(=O)OC(C)(C)C. The highest BCUT2D eigenvalue weighted by Crippen LogP contribution is 2.32. The average Bonchev–Trinajstić information content (AvgIpc) is 2.99. The first-order chi connectivity index (χ1) is 11.3. The Kier molecular flexibility index (Phi) is 4.32. The van der Waals surface area contributed by atoms with Crippen LogP contribution in [0.4, 0.5) is 4.79 Å². The van der Waals surface area contributed by atoms with Crippen molar-refractivity contribution in [2.24, 2.45) is 0 Å². The normalized spacial score (nSPS) is 24.0. The van der Waals surface area contributed by atoms with E-state index in [1.54, 1.807) is 19.3 Å². The number of nitrogens with zero attached hydrogens (tertiary/aromatic N) is 2. The molecule has 1 aromatic heterocycles. The quantitative estimate of drug-likeness (QED) is 0.791. The van der Waals surface area contributed by atoms with Gasteiger partial charge < -0.3 is 19.0 Å². The Hall–Kier alpha value is -1.98. The molecule has 2 aliphatic heterocycles. The Balaban J connectivity index is 1.74. The van der Waals surface area contributed by atoms with Crippen molar-refractivity contribution in [3.63, 3.8) is 0 Å². The lowest BCUT2D eigenvalue weighted by Gasteiger charge is -2.31. The van der Waals surface area contributed by atoms with E-state index in [-0.39, 0.29) is 24.1 Å². The molecule has 2 amide bonds. The van der Waals surface area contributed by atoms with E-state index in [0.717, 1.165) is 19.3 Å². The number of likely N-dealkylation sites (tertiary alicyclic amines) is 1. The van der Waals surface area contributed by atoms with Gasteiger partial charge >= 0.3 is 6.09 Å². The number of hydrogen-bond acceptors (Lipinski definition) is 4. The zero-order valence-corrected chi connectivity index (χ0v) is 14.9. The molecule has 0 aliphatic carbocycles. The van der Waals surface area contributed by atoms with Gasteiger partial charge in [-0.2, -0.15) is 0 Å². The van der Waals surface area contributed by atoms with E-state index in [2.05, 4.69) is 0 Å². The number of carbonyl (C=O) groups is 2. The van der Waals surface area contributed by atoms with E-state index >= 15 is 0 Å². The van der Waals surface area contributed by atoms with Crippen molar-refractivity contribution in [1.29, 1.82) is 0 Å². The highest BCUT2D eigenvalue weighted by Gasteiger charge is 2.43. The van der Waals surface area contributed by atoms with Crippen LogP contribution in [0.5, 0.6) is 0 Å². The van der Waals surface area contributed by atoms with Gasteiger partial charge in [0, 0.05) is 19.1 Å². The van der Waals surface area contributed by atoms with Crippen molar-refractivity contribution < 1.29 is 18.7 Å². The summed E-state index contributed by atoms with van der Waals surface area (Å²) in [4.78, 5) is 29.0. The number of amides is 2. The lowest BCUT2D eigenvalue weighted by molar-refractivity contribution is 0.0151. The van der Waals surface area contributed by atoms with Gasteiger partial charge in [0.05, 0.1) is 17.9 Å². The summed E-state index contributed by atoms with van der Waals surface area (Å²) in [5.41, 5.74) is 0.100. The number of carbonyl (C=O) groups excluding carboxylic acids is 2. The minimum Gasteiger partial charge on any atom is -0.469 e. The van der Waals surface area contributed by atoms with Crippen LogP contribution in [-0.4, -0.2) is 52.6 Å². The lowest BCUT2D eigenvalue weighted by Crippen LogP contribution is -2.46. The third-order valence-corrected chi connectivity index (χ3v) is 4.76. The molecule has 0 unspecified atom stereocenters. The maximum absolute atomic E-state index is 12.7. The molecular weight excluding hydrogens is 308 g/mol. The highest BCUT2D eigenvalue weighted by atomic mass is 16.6. The number of rotatable bonds is 1. The van der Waals surface area contributed by atoms with Gasteiger partial charge in [0.1, 0.15) is 11.4 Å². The van der Waals surface area contributed by atoms with Gasteiger partial charge in [-0.1, -0.05) is 0 Å². The standard InChI is InChI=1S/C18H26N2O4/c1-12-15(8-10-23-12)16(21)19-9-7-13-5-6-14(11-19)20(13)17(22)24-18(2,3)4/h8,10,13-14H,5-7,9,11H2,1-4H3/t13-,14+/m1/s1. The van der Waals surface area contributed by atoms with E-state index in [4.69, 9.17) is 9.15 Å². The number of furan rings is 1. The molecule has 6 heteroatoms. The Morgan fingerprint density at radius 2 is 1.92 bits per heavy atom. The van der Waals surface area contributed by atoms with Crippen molar-refractivity contribution in [1.82, 2.24) is 9.80 Å². The Labute approximate surface area is 142 Å². The van der Waals surface area contributed by atoms with Crippen LogP contribution in [0, 0.1) is 6.92 Å². The van der Waals surface area contributed by atoms with Crippen molar-refractivity contribution in [3.05, 3.63) is 23.7 Å². The first kappa shape index (κ1) is 16.9. The average molecular weight is 334 g/mol. The fraction of sp³-hybridized carbons (Fsp3) is 0.667. The number of ether oxygens (including phenoxy) is 1. The second-order valence-corrected chi connectivity index (χ2v) is 7.70. The molecule has 0 radical (unpaired) electrons. The second-order valence-electron chi connectivity index (χ2n) is 7.70. The number of fused-ring (bicyclic) bond motifs is 2. The summed E-state index contributed by atoms with van der Waals surface area (Å²) >= 11 is 0. The Bertz CT molecular complexity index is 631. The number of hydrogen-bond donors (Lipinski definition) is 0. The molecule has 6 nitrogen and oxygen atoms in total. The number of aryl methyl sites for hydroxylation is 1. The van der Waals surface area contributed by atoms with E-state index < -0.39 is 5.60 Å². The van der Waals surface area contributed by atoms with Gasteiger partial charge in [-0.05, 0) is 53.0 Å². The predicted octanol–water partition coefficient (Wildman–Crippen LogP) is 3.20. The lowest BCUT2D eigenvalue weighted by atomic mass is 10.1. The van der Waals surface area contributed by atoms with Crippen LogP contribution < -0.4 is 0 Å². The van der Waals surface area contributed by atoms with Gasteiger partial charge in [0.15, 0.2) is 0 Å². The highest BCUT2D eigenvalue weighted by molar-refractivity contribution is 5.95. The molecule has 132 valence electrons. The third kappa shape index (κ3) is 3.28. The molecule has 1 aromatic rings. The summed E-state index contributed by atoms with van der Waals surface area (Å²) in [6.07, 6.45) is 3.97. The van der Waals surface area contributed by atoms with Gasteiger partial charge in [-0.25, -0.2) is 4.79 Å². The van der Waals surface area contributed by atoms with Gasteiger partial charge in [-0.15, -0.1) is 0 Å². The van der Waals surface area contributed by atoms with Crippen LogP contribution in [0.25, 0.3) is 0 Å². The molecule has 3 heterocycles. The second kappa shape index (κ2) is 6.15. The first-order valence-corrected chi connectivity index (χ1v) is 8.61. The van der Waals surface area contributed by atoms with Crippen molar-refractivity contribution in [3.8, 4) is 0 Å². The molecule has 2 aliphatic rings. The monoisotopic (exact) mass is 334 g/mol. The molecule has 2 fully saturated rings. The van der Waals surface area contributed by atoms with E-state index in [9.17, 15) is 9.59 Å². The van der Waals surface area contributed by atoms with Crippen LogP contribution in [0.15, 0.2) is 16.7 Å². The van der Waals surface area contributed by atoms with E-state index in [1.165, 1.54) is 0 Å². The van der Waals surface area contributed by atoms with Gasteiger partial charge in [0.25, 0.3) is 5.91 Å². The fourth-order valence-corrected chi connectivity index (χ4v) is 3.65. The molecule has 0 saturated carbocycles. The van der Waals surface area contributed by atoms with E-state index in [0.29, 0.717) is 24.4 Å². The molecule has 24 heavy (non-hydrogen) atoms. The minimum absolute atomic E-state index is 0.0158. The maximum Gasteiger partial charge on any atom is 0.410 e. The minimum atomic E-state index is -0.508. The summed E-state index contributed by atoms with van der Waals surface area (Å²) < 4.78 is 10.8. The van der Waals surface area contributed by atoms with E-state index in [1.807, 2.05) is 30.6 Å². The van der Waals surface area contributed by atoms with Crippen LogP contribution >= 0.6 is 0 Å². The van der Waals surface area contributed by atoms with Crippen LogP contribution in [-0.2, 0) is 4.74 Å². The predicted molar refractivity (Wildman–Crippen MR) is 88.8 cm³/mol. The molecule has 2 saturated heterocycles. The summed E-state index contributed by atoms with van der Waals surface area (Å²) in [7, 11) is 0. The zero-order valence-electron chi connectivity index (χ0n) is 14.9. The largest absolute Gasteiger partial charge is 0.469 e. The molecule has 0 aromatic carbocycles. The van der Waals surface area contributed by atoms with Gasteiger partial charge in [0.2, 0.25) is 0 Å². The maximum atomic E-state index is 12.7. The summed E-state index contributed by atoms with van der Waals surface area (Å²) in [5.74, 6) is 0.622. The Morgan fingerprint density at radius 3 is 2.54 bits per heavy atom. The summed E-state index contributed by atoms with van der Waals surface area (Å²) in [6, 6.07) is 1.91. The first-order valence-electron chi connectivity index (χ1n) is 8.61.